The second-order valence-electron chi connectivity index (χ2n) is 5.28. The number of aromatic nitrogens is 2. The molecule has 0 radical (unpaired) electrons. The Morgan fingerprint density at radius 1 is 1.28 bits per heavy atom. The van der Waals surface area contributed by atoms with Crippen LogP contribution in [0.2, 0.25) is 10.0 Å². The van der Waals surface area contributed by atoms with Crippen LogP contribution in [-0.4, -0.2) is 21.3 Å². The van der Waals surface area contributed by atoms with E-state index in [4.69, 9.17) is 27.9 Å². The molecule has 7 heteroatoms. The number of hydrogen-bond donors (Lipinski definition) is 1. The van der Waals surface area contributed by atoms with Gasteiger partial charge in [0.1, 0.15) is 24.0 Å². The van der Waals surface area contributed by atoms with Crippen LogP contribution in [0.5, 0.6) is 5.75 Å². The lowest BCUT2D eigenvalue weighted by Gasteiger charge is -2.09. The zero-order valence-corrected chi connectivity index (χ0v) is 14.7. The average molecular weight is 374 g/mol. The number of nitriles is 1. The summed E-state index contributed by atoms with van der Waals surface area (Å²) in [5.74, 6) is 0.499. The van der Waals surface area contributed by atoms with Crippen LogP contribution in [-0.2, 0) is 7.05 Å². The number of halogens is 2. The van der Waals surface area contributed by atoms with Gasteiger partial charge in [-0.3, -0.25) is 0 Å². The van der Waals surface area contributed by atoms with Gasteiger partial charge in [0.05, 0.1) is 16.1 Å². The van der Waals surface area contributed by atoms with E-state index in [1.807, 2.05) is 30.3 Å². The van der Waals surface area contributed by atoms with Crippen LogP contribution in [0.4, 0.5) is 0 Å². The van der Waals surface area contributed by atoms with Gasteiger partial charge in [0.15, 0.2) is 11.6 Å². The Bertz CT molecular complexity index is 1020. The van der Waals surface area contributed by atoms with Crippen LogP contribution in [0.15, 0.2) is 48.2 Å². The van der Waals surface area contributed by atoms with E-state index in [0.717, 1.165) is 11.0 Å². The third kappa shape index (κ3) is 3.41. The Labute approximate surface area is 154 Å². The summed E-state index contributed by atoms with van der Waals surface area (Å²) in [7, 11) is 1.78. The fourth-order valence-corrected chi connectivity index (χ4v) is 2.89. The highest BCUT2D eigenvalue weighted by Gasteiger charge is 2.17. The van der Waals surface area contributed by atoms with Crippen LogP contribution in [0, 0.1) is 11.3 Å². The lowest BCUT2D eigenvalue weighted by Crippen LogP contribution is -2.06. The number of aryl methyl sites for hydroxylation is 1. The molecule has 2 aromatic carbocycles. The second-order valence-corrected chi connectivity index (χ2v) is 6.12. The molecule has 5 nitrogen and oxygen atoms in total. The Morgan fingerprint density at radius 2 is 2.04 bits per heavy atom. The highest BCUT2D eigenvalue weighted by molar-refractivity contribution is 6.35. The first-order valence-corrected chi connectivity index (χ1v) is 8.08. The van der Waals surface area contributed by atoms with Crippen LogP contribution in [0.25, 0.3) is 16.6 Å². The fourth-order valence-electron chi connectivity index (χ4n) is 2.42. The fraction of sp³-hybridized carbons (Fsp3) is 0.111. The first-order chi connectivity index (χ1) is 12.0. The van der Waals surface area contributed by atoms with Crippen molar-refractivity contribution in [3.05, 3.63) is 64.1 Å². The lowest BCUT2D eigenvalue weighted by atomic mass is 10.2. The monoisotopic (exact) mass is 373 g/mol. The van der Waals surface area contributed by atoms with E-state index in [2.05, 4.69) is 4.98 Å². The molecule has 0 aliphatic rings. The molecular formula is C18H13Cl2N3O2. The molecule has 126 valence electrons. The van der Waals surface area contributed by atoms with Crippen molar-refractivity contribution < 1.29 is 9.84 Å². The average Bonchev–Trinajstić information content (AvgIpc) is 2.92. The Hall–Kier alpha value is -2.68. The standard InChI is InChI=1S/C18H13Cl2N3O2/c1-23-15-5-3-2-4-14(15)22-18(23)12(9-21)16(24)10-25-17-7-6-11(19)8-13(17)20/h2-8,24H,10H2,1H3/b16-12-. The molecule has 3 rings (SSSR count). The zero-order chi connectivity index (χ0) is 18.0. The van der Waals surface area contributed by atoms with Gasteiger partial charge in [-0.05, 0) is 30.3 Å². The van der Waals surface area contributed by atoms with Gasteiger partial charge in [-0.1, -0.05) is 35.3 Å². The van der Waals surface area contributed by atoms with Gasteiger partial charge < -0.3 is 14.4 Å². The molecule has 0 atom stereocenters. The quantitative estimate of drug-likeness (QED) is 0.528. The summed E-state index contributed by atoms with van der Waals surface area (Å²) in [4.78, 5) is 4.41. The minimum atomic E-state index is -0.230. The van der Waals surface area contributed by atoms with Gasteiger partial charge in [0, 0.05) is 12.1 Å². The number of imidazole rings is 1. The predicted octanol–water partition coefficient (Wildman–Crippen LogP) is 4.75. The van der Waals surface area contributed by atoms with E-state index in [1.54, 1.807) is 23.7 Å². The highest BCUT2D eigenvalue weighted by atomic mass is 35.5. The summed E-state index contributed by atoms with van der Waals surface area (Å²) in [6.45, 7) is -0.215. The SMILES string of the molecule is Cn1c(/C(C#N)=C(\O)COc2ccc(Cl)cc2Cl)nc2ccccc21. The summed E-state index contributed by atoms with van der Waals surface area (Å²) >= 11 is 11.9. The molecule has 0 saturated heterocycles. The third-order valence-electron chi connectivity index (χ3n) is 3.67. The van der Waals surface area contributed by atoms with Crippen molar-refractivity contribution in [2.75, 3.05) is 6.61 Å². The highest BCUT2D eigenvalue weighted by Crippen LogP contribution is 2.28. The molecule has 0 saturated carbocycles. The molecule has 3 aromatic rings. The Kier molecular flexibility index (Phi) is 4.84. The van der Waals surface area contributed by atoms with Crippen molar-refractivity contribution in [3.63, 3.8) is 0 Å². The van der Waals surface area contributed by atoms with Crippen molar-refractivity contribution >= 4 is 39.8 Å². The second kappa shape index (κ2) is 7.06. The number of nitrogens with zero attached hydrogens (tertiary/aromatic N) is 3. The van der Waals surface area contributed by atoms with Crippen molar-refractivity contribution in [1.29, 1.82) is 5.26 Å². The van der Waals surface area contributed by atoms with Crippen LogP contribution < -0.4 is 4.74 Å². The number of hydrogen-bond acceptors (Lipinski definition) is 4. The maximum absolute atomic E-state index is 10.3. The largest absolute Gasteiger partial charge is 0.507 e. The minimum Gasteiger partial charge on any atom is -0.507 e. The van der Waals surface area contributed by atoms with E-state index >= 15 is 0 Å². The molecule has 0 amide bonds. The number of aliphatic hydroxyl groups excluding tert-OH is 1. The molecule has 0 spiro atoms. The summed E-state index contributed by atoms with van der Waals surface area (Å²) in [5, 5.41) is 20.6. The smallest absolute Gasteiger partial charge is 0.155 e. The van der Waals surface area contributed by atoms with E-state index in [-0.39, 0.29) is 17.9 Å². The topological polar surface area (TPSA) is 71.1 Å². The first kappa shape index (κ1) is 17.2. The van der Waals surface area contributed by atoms with Crippen molar-refractivity contribution in [2.24, 2.45) is 7.05 Å². The van der Waals surface area contributed by atoms with Crippen LogP contribution in [0.3, 0.4) is 0 Å². The third-order valence-corrected chi connectivity index (χ3v) is 4.20. The summed E-state index contributed by atoms with van der Waals surface area (Å²) in [5.41, 5.74) is 1.64. The normalized spacial score (nSPS) is 11.9. The molecule has 25 heavy (non-hydrogen) atoms. The number of benzene rings is 2. The van der Waals surface area contributed by atoms with Gasteiger partial charge in [-0.25, -0.2) is 4.98 Å². The van der Waals surface area contributed by atoms with Crippen LogP contribution in [0.1, 0.15) is 5.82 Å². The van der Waals surface area contributed by atoms with Crippen molar-refractivity contribution in [2.45, 2.75) is 0 Å². The maximum atomic E-state index is 10.3. The number of fused-ring (bicyclic) bond motifs is 1. The van der Waals surface area contributed by atoms with Gasteiger partial charge >= 0.3 is 0 Å². The molecule has 1 N–H and O–H groups in total. The summed E-state index contributed by atoms with van der Waals surface area (Å²) < 4.78 is 7.23. The summed E-state index contributed by atoms with van der Waals surface area (Å²) in [6, 6.07) is 14.2. The minimum absolute atomic E-state index is 0.0452. The molecule has 1 aromatic heterocycles. The van der Waals surface area contributed by atoms with Crippen LogP contribution >= 0.6 is 23.2 Å². The van der Waals surface area contributed by atoms with Crippen molar-refractivity contribution in [1.82, 2.24) is 9.55 Å². The zero-order valence-electron chi connectivity index (χ0n) is 13.2. The predicted molar refractivity (Wildman–Crippen MR) is 97.8 cm³/mol. The number of ether oxygens (including phenoxy) is 1. The molecule has 0 bridgehead atoms. The molecule has 1 heterocycles. The van der Waals surface area contributed by atoms with E-state index in [1.165, 1.54) is 6.07 Å². The van der Waals surface area contributed by atoms with E-state index in [0.29, 0.717) is 21.6 Å². The number of aliphatic hydroxyl groups is 1. The Morgan fingerprint density at radius 3 is 2.72 bits per heavy atom. The van der Waals surface area contributed by atoms with Crippen molar-refractivity contribution in [3.8, 4) is 11.8 Å². The van der Waals surface area contributed by atoms with E-state index < -0.39 is 0 Å². The van der Waals surface area contributed by atoms with Gasteiger partial charge in [0.2, 0.25) is 0 Å². The number of para-hydroxylation sites is 2. The van der Waals surface area contributed by atoms with Gasteiger partial charge in [-0.15, -0.1) is 0 Å². The lowest BCUT2D eigenvalue weighted by molar-refractivity contribution is 0.272. The first-order valence-electron chi connectivity index (χ1n) is 7.33. The molecule has 0 unspecified atom stereocenters. The van der Waals surface area contributed by atoms with E-state index in [9.17, 15) is 10.4 Å². The van der Waals surface area contributed by atoms with Gasteiger partial charge in [-0.2, -0.15) is 5.26 Å². The molecule has 0 fully saturated rings. The number of rotatable bonds is 4. The molecule has 0 aliphatic heterocycles. The molecule has 0 aliphatic carbocycles. The number of allylic oxidation sites excluding steroid dienone is 1. The Balaban J connectivity index is 1.92. The summed E-state index contributed by atoms with van der Waals surface area (Å²) in [6.07, 6.45) is 0. The maximum Gasteiger partial charge on any atom is 0.155 e. The van der Waals surface area contributed by atoms with Gasteiger partial charge in [0.25, 0.3) is 0 Å². The molecular weight excluding hydrogens is 361 g/mol.